The Kier molecular flexibility index (Phi) is 5.21. The molecule has 0 radical (unpaired) electrons. The molecule has 3 aliphatic rings. The van der Waals surface area contributed by atoms with Crippen LogP contribution in [-0.4, -0.2) is 24.0 Å². The maximum atomic E-state index is 12.8. The SMILES string of the molecule is CCCCN(CC1=CCC2CC1C2(C)C)C(=O)Nc1ccc(C)cc1. The summed E-state index contributed by atoms with van der Waals surface area (Å²) in [5.74, 6) is 1.49. The molecular weight excluding hydrogens is 308 g/mol. The maximum Gasteiger partial charge on any atom is 0.322 e. The second-order valence-electron chi connectivity index (χ2n) is 8.39. The first-order valence-electron chi connectivity index (χ1n) is 9.73. The fraction of sp³-hybridized carbons (Fsp3) is 0.591. The van der Waals surface area contributed by atoms with Crippen LogP contribution in [0.4, 0.5) is 10.5 Å². The molecule has 4 rings (SSSR count). The first-order chi connectivity index (χ1) is 11.9. The number of amides is 2. The molecule has 1 aromatic rings. The van der Waals surface area contributed by atoms with Crippen molar-refractivity contribution in [3.63, 3.8) is 0 Å². The Balaban J connectivity index is 1.68. The van der Waals surface area contributed by atoms with Gasteiger partial charge in [-0.05, 0) is 55.6 Å². The van der Waals surface area contributed by atoms with Gasteiger partial charge in [-0.3, -0.25) is 0 Å². The monoisotopic (exact) mass is 340 g/mol. The normalized spacial score (nSPS) is 23.4. The molecule has 3 aliphatic carbocycles. The highest BCUT2D eigenvalue weighted by Crippen LogP contribution is 2.59. The van der Waals surface area contributed by atoms with Crippen LogP contribution < -0.4 is 5.32 Å². The molecule has 3 heteroatoms. The molecule has 25 heavy (non-hydrogen) atoms. The number of nitrogens with zero attached hydrogens (tertiary/aromatic N) is 1. The van der Waals surface area contributed by atoms with Crippen LogP contribution in [0.5, 0.6) is 0 Å². The number of aryl methyl sites for hydroxylation is 1. The van der Waals surface area contributed by atoms with Crippen LogP contribution in [0.3, 0.4) is 0 Å². The lowest BCUT2D eigenvalue weighted by Crippen LogP contribution is -2.50. The van der Waals surface area contributed by atoms with Crippen molar-refractivity contribution in [2.75, 3.05) is 18.4 Å². The summed E-state index contributed by atoms with van der Waals surface area (Å²) in [6, 6.07) is 8.05. The first kappa shape index (κ1) is 18.0. The highest BCUT2D eigenvalue weighted by atomic mass is 16.2. The molecule has 0 heterocycles. The molecule has 0 saturated heterocycles. The number of benzene rings is 1. The summed E-state index contributed by atoms with van der Waals surface area (Å²) in [6.45, 7) is 10.6. The van der Waals surface area contributed by atoms with Crippen LogP contribution in [0.15, 0.2) is 35.9 Å². The number of carbonyl (C=O) groups is 1. The molecule has 2 atom stereocenters. The summed E-state index contributed by atoms with van der Waals surface area (Å²) >= 11 is 0. The van der Waals surface area contributed by atoms with Gasteiger partial charge in [-0.15, -0.1) is 0 Å². The number of carbonyl (C=O) groups excluding carboxylic acids is 1. The number of unbranched alkanes of at least 4 members (excludes halogenated alkanes) is 1. The van der Waals surface area contributed by atoms with E-state index in [4.69, 9.17) is 0 Å². The molecule has 3 nitrogen and oxygen atoms in total. The van der Waals surface area contributed by atoms with Gasteiger partial charge in [-0.2, -0.15) is 0 Å². The average Bonchev–Trinajstić information content (AvgIpc) is 2.60. The van der Waals surface area contributed by atoms with Gasteiger partial charge in [0.15, 0.2) is 0 Å². The molecule has 0 spiro atoms. The minimum Gasteiger partial charge on any atom is -0.321 e. The molecule has 1 aromatic carbocycles. The van der Waals surface area contributed by atoms with Crippen LogP contribution in [0.2, 0.25) is 0 Å². The average molecular weight is 341 g/mol. The van der Waals surface area contributed by atoms with Gasteiger partial charge in [0.1, 0.15) is 0 Å². The lowest BCUT2D eigenvalue weighted by molar-refractivity contribution is -0.00952. The molecule has 2 unspecified atom stereocenters. The molecule has 2 bridgehead atoms. The number of fused-ring (bicyclic) bond motifs is 1. The third kappa shape index (κ3) is 3.75. The van der Waals surface area contributed by atoms with Crippen LogP contribution in [0.25, 0.3) is 0 Å². The van der Waals surface area contributed by atoms with Crippen molar-refractivity contribution in [1.29, 1.82) is 0 Å². The zero-order chi connectivity index (χ0) is 18.0. The van der Waals surface area contributed by atoms with E-state index in [9.17, 15) is 4.79 Å². The molecule has 2 amide bonds. The van der Waals surface area contributed by atoms with Crippen molar-refractivity contribution in [3.8, 4) is 0 Å². The van der Waals surface area contributed by atoms with Gasteiger partial charge in [0, 0.05) is 18.8 Å². The van der Waals surface area contributed by atoms with E-state index in [0.29, 0.717) is 11.3 Å². The molecule has 1 fully saturated rings. The van der Waals surface area contributed by atoms with Gasteiger partial charge in [0.25, 0.3) is 0 Å². The maximum absolute atomic E-state index is 12.8. The highest BCUT2D eigenvalue weighted by Gasteiger charge is 2.51. The van der Waals surface area contributed by atoms with E-state index in [1.807, 2.05) is 29.2 Å². The van der Waals surface area contributed by atoms with E-state index in [1.54, 1.807) is 0 Å². The van der Waals surface area contributed by atoms with E-state index >= 15 is 0 Å². The van der Waals surface area contributed by atoms with Crippen LogP contribution >= 0.6 is 0 Å². The Labute approximate surface area is 152 Å². The summed E-state index contributed by atoms with van der Waals surface area (Å²) in [5, 5.41) is 3.08. The Morgan fingerprint density at radius 2 is 2.00 bits per heavy atom. The second kappa shape index (κ2) is 7.23. The van der Waals surface area contributed by atoms with Crippen molar-refractivity contribution in [2.45, 2.75) is 53.4 Å². The fourth-order valence-electron chi connectivity index (χ4n) is 4.32. The number of nitrogens with one attached hydrogen (secondary N) is 1. The predicted molar refractivity (Wildman–Crippen MR) is 105 cm³/mol. The number of hydrogen-bond acceptors (Lipinski definition) is 1. The van der Waals surface area contributed by atoms with Crippen molar-refractivity contribution in [3.05, 3.63) is 41.5 Å². The third-order valence-electron chi connectivity index (χ3n) is 6.33. The third-order valence-corrected chi connectivity index (χ3v) is 6.33. The zero-order valence-electron chi connectivity index (χ0n) is 16.1. The van der Waals surface area contributed by atoms with Gasteiger partial charge in [0.2, 0.25) is 0 Å². The molecule has 1 N–H and O–H groups in total. The van der Waals surface area contributed by atoms with Gasteiger partial charge in [-0.1, -0.05) is 56.5 Å². The molecular formula is C22H32N2O. The van der Waals surface area contributed by atoms with E-state index in [2.05, 4.69) is 39.1 Å². The number of rotatable bonds is 6. The zero-order valence-corrected chi connectivity index (χ0v) is 16.1. The van der Waals surface area contributed by atoms with Crippen molar-refractivity contribution >= 4 is 11.7 Å². The molecule has 0 aromatic heterocycles. The standard InChI is InChI=1S/C22H32N2O/c1-5-6-13-24(21(25)23-19-11-7-16(2)8-12-19)15-17-9-10-18-14-20(17)22(18,3)4/h7-9,11-12,18,20H,5-6,10,13-15H2,1-4H3,(H,23,25). The first-order valence-corrected chi connectivity index (χ1v) is 9.73. The number of hydrogen-bond donors (Lipinski definition) is 1. The summed E-state index contributed by atoms with van der Waals surface area (Å²) in [5.41, 5.74) is 3.96. The smallest absolute Gasteiger partial charge is 0.321 e. The van der Waals surface area contributed by atoms with Crippen LogP contribution in [0.1, 0.15) is 52.0 Å². The molecule has 136 valence electrons. The quantitative estimate of drug-likeness (QED) is 0.670. The van der Waals surface area contributed by atoms with E-state index in [-0.39, 0.29) is 6.03 Å². The highest BCUT2D eigenvalue weighted by molar-refractivity contribution is 5.89. The second-order valence-corrected chi connectivity index (χ2v) is 8.39. The Morgan fingerprint density at radius 3 is 2.60 bits per heavy atom. The lowest BCUT2D eigenvalue weighted by Gasteiger charge is -2.57. The minimum absolute atomic E-state index is 0.0254. The van der Waals surface area contributed by atoms with Crippen molar-refractivity contribution in [1.82, 2.24) is 4.90 Å². The van der Waals surface area contributed by atoms with E-state index in [1.165, 1.54) is 24.0 Å². The largest absolute Gasteiger partial charge is 0.322 e. The lowest BCUT2D eigenvalue weighted by atomic mass is 9.49. The Bertz CT molecular complexity index is 644. The molecule has 0 aliphatic heterocycles. The summed E-state index contributed by atoms with van der Waals surface area (Å²) < 4.78 is 0. The summed E-state index contributed by atoms with van der Waals surface area (Å²) in [7, 11) is 0. The predicted octanol–water partition coefficient (Wildman–Crippen LogP) is 5.62. The number of anilines is 1. The van der Waals surface area contributed by atoms with Crippen LogP contribution in [-0.2, 0) is 0 Å². The van der Waals surface area contributed by atoms with Gasteiger partial charge in [0.05, 0.1) is 0 Å². The van der Waals surface area contributed by atoms with Crippen molar-refractivity contribution in [2.24, 2.45) is 17.3 Å². The summed E-state index contributed by atoms with van der Waals surface area (Å²) in [6.07, 6.45) is 7.04. The number of allylic oxidation sites excluding steroid dienone is 1. The molecule has 1 saturated carbocycles. The fourth-order valence-corrected chi connectivity index (χ4v) is 4.32. The minimum atomic E-state index is 0.0254. The Morgan fingerprint density at radius 1 is 1.28 bits per heavy atom. The summed E-state index contributed by atoms with van der Waals surface area (Å²) in [4.78, 5) is 14.8. The van der Waals surface area contributed by atoms with E-state index < -0.39 is 0 Å². The Hall–Kier alpha value is -1.77. The number of urea groups is 1. The van der Waals surface area contributed by atoms with E-state index in [0.717, 1.165) is 37.5 Å². The van der Waals surface area contributed by atoms with Crippen molar-refractivity contribution < 1.29 is 4.79 Å². The van der Waals surface area contributed by atoms with Gasteiger partial charge >= 0.3 is 6.03 Å². The topological polar surface area (TPSA) is 32.3 Å². The van der Waals surface area contributed by atoms with Gasteiger partial charge < -0.3 is 10.2 Å². The van der Waals surface area contributed by atoms with Gasteiger partial charge in [-0.25, -0.2) is 4.79 Å². The van der Waals surface area contributed by atoms with Crippen LogP contribution in [0, 0.1) is 24.2 Å².